The van der Waals surface area contributed by atoms with Crippen molar-refractivity contribution in [2.24, 2.45) is 5.92 Å². The fraction of sp³-hybridized carbons (Fsp3) is 1.00. The Morgan fingerprint density at radius 1 is 1.31 bits per heavy atom. The average molecular weight is 244 g/mol. The maximum absolute atomic E-state index is 2.62. The van der Waals surface area contributed by atoms with Crippen molar-refractivity contribution in [3.8, 4) is 0 Å². The molecule has 0 saturated carbocycles. The molecular formula is C13H28N2S. The highest BCUT2D eigenvalue weighted by Crippen LogP contribution is 2.16. The summed E-state index contributed by atoms with van der Waals surface area (Å²) in [6.45, 7) is 9.74. The molecule has 1 fully saturated rings. The molecule has 0 radical (unpaired) electrons. The number of hydrogen-bond acceptors (Lipinski definition) is 3. The predicted octanol–water partition coefficient (Wildman–Crippen LogP) is 2.40. The van der Waals surface area contributed by atoms with Crippen LogP contribution in [0.5, 0.6) is 0 Å². The van der Waals surface area contributed by atoms with Crippen molar-refractivity contribution in [3.05, 3.63) is 0 Å². The van der Waals surface area contributed by atoms with Crippen molar-refractivity contribution in [2.75, 3.05) is 45.2 Å². The zero-order valence-electron chi connectivity index (χ0n) is 11.4. The molecule has 0 aromatic rings. The quantitative estimate of drug-likeness (QED) is 0.708. The van der Waals surface area contributed by atoms with Gasteiger partial charge >= 0.3 is 0 Å². The van der Waals surface area contributed by atoms with Crippen LogP contribution in [0.4, 0.5) is 0 Å². The van der Waals surface area contributed by atoms with E-state index in [0.717, 1.165) is 12.0 Å². The van der Waals surface area contributed by atoms with E-state index in [1.807, 2.05) is 11.8 Å². The summed E-state index contributed by atoms with van der Waals surface area (Å²) in [7, 11) is 2.29. The van der Waals surface area contributed by atoms with Gasteiger partial charge in [-0.1, -0.05) is 13.8 Å². The van der Waals surface area contributed by atoms with Crippen LogP contribution < -0.4 is 0 Å². The highest BCUT2D eigenvalue weighted by Gasteiger charge is 2.22. The first-order valence-electron chi connectivity index (χ1n) is 6.55. The molecule has 0 atom stereocenters. The van der Waals surface area contributed by atoms with Crippen LogP contribution >= 0.6 is 11.8 Å². The Morgan fingerprint density at radius 2 is 1.94 bits per heavy atom. The molecule has 1 rings (SSSR count). The molecule has 0 aromatic heterocycles. The van der Waals surface area contributed by atoms with Crippen LogP contribution in [0.3, 0.4) is 0 Å². The van der Waals surface area contributed by atoms with Gasteiger partial charge in [0.25, 0.3) is 0 Å². The highest BCUT2D eigenvalue weighted by atomic mass is 32.2. The van der Waals surface area contributed by atoms with Crippen molar-refractivity contribution in [1.82, 2.24) is 9.80 Å². The van der Waals surface area contributed by atoms with Crippen LogP contribution in [0, 0.1) is 5.92 Å². The summed E-state index contributed by atoms with van der Waals surface area (Å²) in [6.07, 6.45) is 4.92. The Kier molecular flexibility index (Phi) is 6.78. The third kappa shape index (κ3) is 5.07. The van der Waals surface area contributed by atoms with Crippen LogP contribution in [0.15, 0.2) is 0 Å². The number of thioether (sulfide) groups is 1. The number of likely N-dealkylation sites (tertiary alicyclic amines) is 1. The van der Waals surface area contributed by atoms with E-state index in [-0.39, 0.29) is 0 Å². The first-order valence-corrected chi connectivity index (χ1v) is 7.94. The summed E-state index contributed by atoms with van der Waals surface area (Å²) in [4.78, 5) is 5.19. The first kappa shape index (κ1) is 14.3. The van der Waals surface area contributed by atoms with Gasteiger partial charge in [-0.05, 0) is 45.2 Å². The van der Waals surface area contributed by atoms with Gasteiger partial charge in [-0.3, -0.25) is 0 Å². The molecular weight excluding hydrogens is 216 g/mol. The van der Waals surface area contributed by atoms with E-state index < -0.39 is 0 Å². The van der Waals surface area contributed by atoms with E-state index in [2.05, 4.69) is 37.0 Å². The molecule has 1 saturated heterocycles. The van der Waals surface area contributed by atoms with Crippen LogP contribution in [0.25, 0.3) is 0 Å². The molecule has 0 aliphatic carbocycles. The Bertz CT molecular complexity index is 177. The lowest BCUT2D eigenvalue weighted by Crippen LogP contribution is -2.44. The molecule has 0 spiro atoms. The molecule has 16 heavy (non-hydrogen) atoms. The third-order valence-corrected chi connectivity index (χ3v) is 4.04. The van der Waals surface area contributed by atoms with Crippen LogP contribution in [0.2, 0.25) is 0 Å². The maximum Gasteiger partial charge on any atom is 0.0117 e. The molecule has 1 heterocycles. The SMILES string of the molecule is CSCCN1CCC(N(C)CC(C)C)CC1. The van der Waals surface area contributed by atoms with Crippen LogP contribution in [-0.4, -0.2) is 61.1 Å². The molecule has 0 N–H and O–H groups in total. The van der Waals surface area contributed by atoms with E-state index in [9.17, 15) is 0 Å². The Morgan fingerprint density at radius 3 is 2.44 bits per heavy atom. The highest BCUT2D eigenvalue weighted by molar-refractivity contribution is 7.98. The molecule has 96 valence electrons. The van der Waals surface area contributed by atoms with E-state index >= 15 is 0 Å². The fourth-order valence-electron chi connectivity index (χ4n) is 2.53. The van der Waals surface area contributed by atoms with Gasteiger partial charge < -0.3 is 9.80 Å². The van der Waals surface area contributed by atoms with Gasteiger partial charge in [0.15, 0.2) is 0 Å². The van der Waals surface area contributed by atoms with Gasteiger partial charge in [-0.25, -0.2) is 0 Å². The molecule has 3 heteroatoms. The smallest absolute Gasteiger partial charge is 0.0117 e. The third-order valence-electron chi connectivity index (χ3n) is 3.45. The minimum absolute atomic E-state index is 0.791. The molecule has 1 aliphatic rings. The second kappa shape index (κ2) is 7.57. The minimum atomic E-state index is 0.791. The van der Waals surface area contributed by atoms with Crippen LogP contribution in [0.1, 0.15) is 26.7 Å². The summed E-state index contributed by atoms with van der Waals surface area (Å²) in [5.74, 6) is 2.08. The second-order valence-electron chi connectivity index (χ2n) is 5.40. The monoisotopic (exact) mass is 244 g/mol. The topological polar surface area (TPSA) is 6.48 Å². The van der Waals surface area contributed by atoms with Gasteiger partial charge in [-0.2, -0.15) is 11.8 Å². The molecule has 0 unspecified atom stereocenters. The molecule has 2 nitrogen and oxygen atoms in total. The summed E-state index contributed by atoms with van der Waals surface area (Å²) in [6, 6.07) is 0.827. The number of rotatable bonds is 6. The zero-order valence-corrected chi connectivity index (χ0v) is 12.2. The van der Waals surface area contributed by atoms with Crippen molar-refractivity contribution in [3.63, 3.8) is 0 Å². The van der Waals surface area contributed by atoms with Gasteiger partial charge in [0.2, 0.25) is 0 Å². The van der Waals surface area contributed by atoms with Gasteiger partial charge in [-0.15, -0.1) is 0 Å². The Balaban J connectivity index is 2.20. The lowest BCUT2D eigenvalue weighted by molar-refractivity contribution is 0.123. The summed E-state index contributed by atoms with van der Waals surface area (Å²) in [5.41, 5.74) is 0. The second-order valence-corrected chi connectivity index (χ2v) is 6.38. The van der Waals surface area contributed by atoms with E-state index in [0.29, 0.717) is 0 Å². The standard InChI is InChI=1S/C13H28N2S/c1-12(2)11-14(3)13-5-7-15(8-6-13)9-10-16-4/h12-13H,5-11H2,1-4H3. The van der Waals surface area contributed by atoms with Crippen molar-refractivity contribution < 1.29 is 0 Å². The van der Waals surface area contributed by atoms with Gasteiger partial charge in [0.1, 0.15) is 0 Å². The normalized spacial score (nSPS) is 19.9. The number of piperidine rings is 1. The summed E-state index contributed by atoms with van der Waals surface area (Å²) < 4.78 is 0. The molecule has 0 amide bonds. The zero-order chi connectivity index (χ0) is 12.0. The maximum atomic E-state index is 2.62. The lowest BCUT2D eigenvalue weighted by atomic mass is 10.0. The first-order chi connectivity index (χ1) is 7.63. The minimum Gasteiger partial charge on any atom is -0.303 e. The van der Waals surface area contributed by atoms with Crippen molar-refractivity contribution in [1.29, 1.82) is 0 Å². The molecule has 0 bridgehead atoms. The van der Waals surface area contributed by atoms with E-state index in [1.54, 1.807) is 0 Å². The lowest BCUT2D eigenvalue weighted by Gasteiger charge is -2.37. The summed E-state index contributed by atoms with van der Waals surface area (Å²) >= 11 is 1.96. The van der Waals surface area contributed by atoms with Crippen molar-refractivity contribution in [2.45, 2.75) is 32.7 Å². The van der Waals surface area contributed by atoms with Crippen LogP contribution in [-0.2, 0) is 0 Å². The number of hydrogen-bond donors (Lipinski definition) is 0. The van der Waals surface area contributed by atoms with E-state index in [1.165, 1.54) is 44.8 Å². The largest absolute Gasteiger partial charge is 0.303 e. The predicted molar refractivity (Wildman–Crippen MR) is 75.3 cm³/mol. The molecule has 1 aliphatic heterocycles. The fourth-order valence-corrected chi connectivity index (χ4v) is 2.97. The van der Waals surface area contributed by atoms with Crippen molar-refractivity contribution >= 4 is 11.8 Å². The Labute approximate surface area is 106 Å². The average Bonchev–Trinajstić information content (AvgIpc) is 2.26. The molecule has 0 aromatic carbocycles. The van der Waals surface area contributed by atoms with Gasteiger partial charge in [0.05, 0.1) is 0 Å². The van der Waals surface area contributed by atoms with E-state index in [4.69, 9.17) is 0 Å². The van der Waals surface area contributed by atoms with Gasteiger partial charge in [0, 0.05) is 24.9 Å². The number of nitrogens with zero attached hydrogens (tertiary/aromatic N) is 2. The Hall–Kier alpha value is 0.270. The summed E-state index contributed by atoms with van der Waals surface area (Å²) in [5, 5.41) is 0.